The van der Waals surface area contributed by atoms with E-state index in [1.165, 1.54) is 4.46 Å². The van der Waals surface area contributed by atoms with Gasteiger partial charge in [-0.2, -0.15) is 0 Å². The van der Waals surface area contributed by atoms with Crippen molar-refractivity contribution in [2.75, 3.05) is 6.61 Å². The Kier molecular flexibility index (Phi) is 7.67. The zero-order valence-corrected chi connectivity index (χ0v) is 16.8. The van der Waals surface area contributed by atoms with E-state index in [1.54, 1.807) is 0 Å². The molecule has 1 atom stereocenters. The van der Waals surface area contributed by atoms with Crippen LogP contribution < -0.4 is 9.78 Å². The van der Waals surface area contributed by atoms with Gasteiger partial charge in [-0.15, -0.1) is 0 Å². The van der Waals surface area contributed by atoms with Gasteiger partial charge >= 0.3 is 167 Å². The van der Waals surface area contributed by atoms with Gasteiger partial charge in [0, 0.05) is 0 Å². The molecule has 4 heteroatoms. The van der Waals surface area contributed by atoms with E-state index in [9.17, 15) is 4.79 Å². The molecule has 0 aliphatic rings. The maximum absolute atomic E-state index is 12.5. The molecular weight excluding hydrogens is 401 g/mol. The number of carbonyl (C=O) groups is 1. The van der Waals surface area contributed by atoms with E-state index in [1.807, 2.05) is 66.7 Å². The Balaban J connectivity index is 1.57. The molecule has 0 aromatic heterocycles. The van der Waals surface area contributed by atoms with Gasteiger partial charge in [0.15, 0.2) is 0 Å². The van der Waals surface area contributed by atoms with Gasteiger partial charge in [0.25, 0.3) is 0 Å². The Labute approximate surface area is 166 Å². The molecule has 138 valence electrons. The van der Waals surface area contributed by atoms with E-state index in [2.05, 4.69) is 29.6 Å². The molecule has 0 fully saturated rings. The van der Waals surface area contributed by atoms with E-state index in [4.69, 9.17) is 4.74 Å². The Bertz CT molecular complexity index is 810. The van der Waals surface area contributed by atoms with Crippen LogP contribution in [0.15, 0.2) is 91.0 Å². The van der Waals surface area contributed by atoms with Crippen LogP contribution in [0.5, 0.6) is 0 Å². The van der Waals surface area contributed by atoms with Crippen molar-refractivity contribution in [2.45, 2.75) is 18.0 Å². The average Bonchev–Trinajstić information content (AvgIpc) is 2.74. The Morgan fingerprint density at radius 3 is 2.11 bits per heavy atom. The number of ether oxygens (including phenoxy) is 1. The van der Waals surface area contributed by atoms with E-state index < -0.39 is 0 Å². The zero-order chi connectivity index (χ0) is 18.7. The summed E-state index contributed by atoms with van der Waals surface area (Å²) in [7, 11) is 0. The minimum atomic E-state index is -0.0484. The minimum absolute atomic E-state index is 0.0124. The summed E-state index contributed by atoms with van der Waals surface area (Å²) < 4.78 is 7.23. The molecule has 3 aromatic carbocycles. The van der Waals surface area contributed by atoms with Crippen molar-refractivity contribution < 1.29 is 9.53 Å². The van der Waals surface area contributed by atoms with Gasteiger partial charge in [0.05, 0.1) is 0 Å². The second-order valence-corrected chi connectivity index (χ2v) is 8.46. The Morgan fingerprint density at radius 2 is 1.44 bits per heavy atom. The Hall–Kier alpha value is -2.39. The first-order valence-electron chi connectivity index (χ1n) is 8.97. The number of rotatable bonds is 9. The first-order chi connectivity index (χ1) is 13.3. The molecule has 3 nitrogen and oxygen atoms in total. The fourth-order valence-electron chi connectivity index (χ4n) is 2.60. The third kappa shape index (κ3) is 6.69. The van der Waals surface area contributed by atoms with Crippen LogP contribution in [0.1, 0.15) is 15.9 Å². The van der Waals surface area contributed by atoms with Crippen LogP contribution >= 0.6 is 0 Å². The second-order valence-electron chi connectivity index (χ2n) is 6.16. The molecule has 0 spiro atoms. The van der Waals surface area contributed by atoms with E-state index in [0.29, 0.717) is 18.8 Å². The molecule has 0 heterocycles. The molecule has 0 radical (unpaired) electrons. The molecule has 0 aliphatic carbocycles. The van der Waals surface area contributed by atoms with Crippen molar-refractivity contribution in [2.24, 2.45) is 0 Å². The zero-order valence-electron chi connectivity index (χ0n) is 15.1. The fraction of sp³-hybridized carbons (Fsp3) is 0.174. The molecule has 3 rings (SSSR count). The predicted molar refractivity (Wildman–Crippen MR) is 110 cm³/mol. The summed E-state index contributed by atoms with van der Waals surface area (Å²) in [5, 5.41) is 4.03. The fourth-order valence-corrected chi connectivity index (χ4v) is 4.53. The van der Waals surface area contributed by atoms with Crippen LogP contribution in [0.25, 0.3) is 0 Å². The topological polar surface area (TPSA) is 38.3 Å². The van der Waals surface area contributed by atoms with Crippen molar-refractivity contribution in [1.82, 2.24) is 5.32 Å². The molecule has 0 bridgehead atoms. The molecule has 3 aromatic rings. The van der Waals surface area contributed by atoms with Crippen LogP contribution in [-0.4, -0.2) is 33.5 Å². The summed E-state index contributed by atoms with van der Waals surface area (Å²) in [4.78, 5) is 12.5. The first kappa shape index (κ1) is 19.4. The number of hydrogen-bond donors (Lipinski definition) is 1. The molecule has 1 amide bonds. The van der Waals surface area contributed by atoms with Crippen molar-refractivity contribution in [3.63, 3.8) is 0 Å². The van der Waals surface area contributed by atoms with Crippen molar-refractivity contribution in [1.29, 1.82) is 0 Å². The second kappa shape index (κ2) is 10.7. The first-order valence-corrected chi connectivity index (χ1v) is 11.0. The van der Waals surface area contributed by atoms with Crippen LogP contribution in [-0.2, 0) is 11.3 Å². The normalized spacial score (nSPS) is 11.7. The molecule has 0 aliphatic heterocycles. The van der Waals surface area contributed by atoms with Gasteiger partial charge in [-0.1, -0.05) is 0 Å². The van der Waals surface area contributed by atoms with Crippen molar-refractivity contribution in [3.05, 3.63) is 102 Å². The quantitative estimate of drug-likeness (QED) is 0.535. The number of carbonyl (C=O) groups excluding carboxylic acids is 1. The summed E-state index contributed by atoms with van der Waals surface area (Å²) >= 11 is 0.284. The van der Waals surface area contributed by atoms with Crippen LogP contribution in [0.4, 0.5) is 0 Å². The summed E-state index contributed by atoms with van der Waals surface area (Å²) in [6, 6.07) is 29.8. The van der Waals surface area contributed by atoms with Crippen molar-refractivity contribution in [3.8, 4) is 0 Å². The molecule has 0 saturated heterocycles. The molecule has 0 unspecified atom stereocenters. The summed E-state index contributed by atoms with van der Waals surface area (Å²) in [5.74, 6) is -0.0484. The third-order valence-corrected chi connectivity index (χ3v) is 6.46. The summed E-state index contributed by atoms with van der Waals surface area (Å²) in [6.45, 7) is 1.05. The van der Waals surface area contributed by atoms with E-state index in [-0.39, 0.29) is 26.9 Å². The van der Waals surface area contributed by atoms with E-state index in [0.717, 1.165) is 10.9 Å². The number of nitrogens with one attached hydrogen (secondary N) is 1. The molecule has 1 N–H and O–H groups in total. The van der Waals surface area contributed by atoms with Gasteiger partial charge in [-0.3, -0.25) is 0 Å². The van der Waals surface area contributed by atoms with Gasteiger partial charge < -0.3 is 0 Å². The molecular formula is C23H23NO2Se. The number of hydrogen-bond acceptors (Lipinski definition) is 2. The Morgan fingerprint density at radius 1 is 0.852 bits per heavy atom. The third-order valence-electron chi connectivity index (χ3n) is 4.00. The van der Waals surface area contributed by atoms with E-state index >= 15 is 0 Å². The van der Waals surface area contributed by atoms with Gasteiger partial charge in [-0.25, -0.2) is 0 Å². The van der Waals surface area contributed by atoms with Gasteiger partial charge in [-0.05, 0) is 0 Å². The number of benzene rings is 3. The summed E-state index contributed by atoms with van der Waals surface area (Å²) in [5.41, 5.74) is 1.82. The van der Waals surface area contributed by atoms with Crippen molar-refractivity contribution >= 4 is 25.3 Å². The SMILES string of the molecule is O=C(N[C@H](COCc1ccccc1)C[Se]c1ccccc1)c1ccccc1. The average molecular weight is 424 g/mol. The summed E-state index contributed by atoms with van der Waals surface area (Å²) in [6.07, 6.45) is 0. The van der Waals surface area contributed by atoms with Gasteiger partial charge in [0.1, 0.15) is 0 Å². The number of amides is 1. The van der Waals surface area contributed by atoms with Crippen LogP contribution in [0.3, 0.4) is 0 Å². The van der Waals surface area contributed by atoms with Gasteiger partial charge in [0.2, 0.25) is 0 Å². The molecule has 27 heavy (non-hydrogen) atoms. The molecule has 0 saturated carbocycles. The maximum atomic E-state index is 12.5. The monoisotopic (exact) mass is 425 g/mol. The predicted octanol–water partition coefficient (Wildman–Crippen LogP) is 3.45. The van der Waals surface area contributed by atoms with Crippen LogP contribution in [0, 0.1) is 0 Å². The van der Waals surface area contributed by atoms with Crippen LogP contribution in [0.2, 0.25) is 5.32 Å². The standard InChI is InChI=1S/C23H23NO2Se/c25-23(20-12-6-2-7-13-20)24-21(18-27-22-14-8-3-9-15-22)17-26-16-19-10-4-1-5-11-19/h1-15,21H,16-18H2,(H,24,25)/t21-/m1/s1.